The van der Waals surface area contributed by atoms with Crippen LogP contribution >= 0.6 is 0 Å². The van der Waals surface area contributed by atoms with Crippen LogP contribution < -0.4 is 10.5 Å². The Balaban J connectivity index is 0.000000574. The molecule has 4 N–H and O–H groups in total. The Morgan fingerprint density at radius 1 is 1.50 bits per heavy atom. The van der Waals surface area contributed by atoms with Crippen LogP contribution in [0.1, 0.15) is 19.4 Å². The van der Waals surface area contributed by atoms with Crippen LogP contribution in [0.3, 0.4) is 0 Å². The zero-order chi connectivity index (χ0) is 13.1. The van der Waals surface area contributed by atoms with Gasteiger partial charge in [-0.05, 0) is 18.6 Å². The van der Waals surface area contributed by atoms with Gasteiger partial charge in [-0.1, -0.05) is 13.8 Å². The number of aliphatic hydroxyl groups is 1. The maximum atomic E-state index is 9.16. The highest BCUT2D eigenvalue weighted by Crippen LogP contribution is 2.32. The maximum Gasteiger partial charge on any atom is 0.198 e. The summed E-state index contributed by atoms with van der Waals surface area (Å²) >= 11 is 0. The number of nitrogens with one attached hydrogen (secondary N) is 1. The smallest absolute Gasteiger partial charge is 0.198 e. The second kappa shape index (κ2) is 5.27. The first-order valence-electron chi connectivity index (χ1n) is 6.28. The lowest BCUT2D eigenvalue weighted by Gasteiger charge is -2.23. The zero-order valence-electron chi connectivity index (χ0n) is 10.7. The summed E-state index contributed by atoms with van der Waals surface area (Å²) in [7, 11) is 0. The minimum absolute atomic E-state index is 0.135. The first kappa shape index (κ1) is 12.7. The second-order valence-electron chi connectivity index (χ2n) is 4.12. The van der Waals surface area contributed by atoms with E-state index in [9.17, 15) is 0 Å². The minimum Gasteiger partial charge on any atom is -0.493 e. The van der Waals surface area contributed by atoms with Crippen LogP contribution in [0, 0.1) is 5.92 Å². The second-order valence-corrected chi connectivity index (χ2v) is 4.12. The van der Waals surface area contributed by atoms with Crippen molar-refractivity contribution < 1.29 is 9.84 Å². The fourth-order valence-corrected chi connectivity index (χ4v) is 2.14. The first-order chi connectivity index (χ1) is 8.78. The number of nitrogen functional groups attached to an aromatic ring is 1. The van der Waals surface area contributed by atoms with Crippen molar-refractivity contribution >= 4 is 17.0 Å². The quantitative estimate of drug-likeness (QED) is 0.718. The Morgan fingerprint density at radius 2 is 2.28 bits per heavy atom. The molecule has 0 fully saturated rings. The van der Waals surface area contributed by atoms with Crippen molar-refractivity contribution in [2.75, 3.05) is 18.9 Å². The Bertz CT molecular complexity index is 536. The number of H-pyrrole nitrogens is 1. The van der Waals surface area contributed by atoms with Crippen LogP contribution in [0.4, 0.5) is 5.95 Å². The number of hydrogen-bond acceptors (Lipinski definition) is 4. The number of ether oxygens (including phenoxy) is 1. The molecular formula is C13H19N3O2. The maximum absolute atomic E-state index is 9.16. The molecule has 0 spiro atoms. The molecule has 0 bridgehead atoms. The molecule has 0 saturated carbocycles. The van der Waals surface area contributed by atoms with Gasteiger partial charge in [0.15, 0.2) is 5.95 Å². The van der Waals surface area contributed by atoms with Crippen molar-refractivity contribution in [2.24, 2.45) is 5.92 Å². The van der Waals surface area contributed by atoms with Gasteiger partial charge < -0.3 is 20.6 Å². The summed E-state index contributed by atoms with van der Waals surface area (Å²) in [6, 6.07) is 3.83. The molecule has 2 aromatic rings. The molecule has 2 heterocycles. The van der Waals surface area contributed by atoms with Gasteiger partial charge in [-0.3, -0.25) is 0 Å². The molecule has 1 unspecified atom stereocenters. The van der Waals surface area contributed by atoms with Gasteiger partial charge in [0, 0.05) is 18.1 Å². The number of rotatable bonds is 1. The molecule has 1 atom stereocenters. The Kier molecular flexibility index (Phi) is 3.72. The fourth-order valence-electron chi connectivity index (χ4n) is 2.14. The fraction of sp³-hybridized carbons (Fsp3) is 0.462. The molecule has 1 aromatic carbocycles. The molecule has 0 amide bonds. The molecular weight excluding hydrogens is 230 g/mol. The lowest BCUT2D eigenvalue weighted by Crippen LogP contribution is -2.23. The van der Waals surface area contributed by atoms with Gasteiger partial charge in [-0.15, -0.1) is 0 Å². The zero-order valence-corrected chi connectivity index (χ0v) is 10.7. The number of imidazole rings is 1. The van der Waals surface area contributed by atoms with E-state index in [1.54, 1.807) is 0 Å². The van der Waals surface area contributed by atoms with E-state index >= 15 is 0 Å². The van der Waals surface area contributed by atoms with Crippen LogP contribution in [-0.2, 0) is 6.42 Å². The molecule has 1 aliphatic heterocycles. The van der Waals surface area contributed by atoms with E-state index in [0.29, 0.717) is 12.6 Å². The summed E-state index contributed by atoms with van der Waals surface area (Å²) in [6.45, 7) is 4.70. The van der Waals surface area contributed by atoms with E-state index in [4.69, 9.17) is 15.6 Å². The largest absolute Gasteiger partial charge is 0.493 e. The van der Waals surface area contributed by atoms with Crippen LogP contribution in [0.15, 0.2) is 12.1 Å². The predicted molar refractivity (Wildman–Crippen MR) is 71.6 cm³/mol. The number of nitrogens with two attached hydrogens (primary N) is 1. The van der Waals surface area contributed by atoms with E-state index in [1.165, 1.54) is 0 Å². The number of aromatic amines is 1. The monoisotopic (exact) mass is 249 g/mol. The van der Waals surface area contributed by atoms with Gasteiger partial charge >= 0.3 is 0 Å². The van der Waals surface area contributed by atoms with Gasteiger partial charge in [0.25, 0.3) is 0 Å². The van der Waals surface area contributed by atoms with Crippen molar-refractivity contribution in [3.63, 3.8) is 0 Å². The van der Waals surface area contributed by atoms with E-state index in [2.05, 4.69) is 9.97 Å². The molecule has 1 aliphatic rings. The van der Waals surface area contributed by atoms with E-state index in [-0.39, 0.29) is 12.5 Å². The third-order valence-electron chi connectivity index (χ3n) is 2.96. The number of hydrogen-bond donors (Lipinski definition) is 3. The molecule has 5 nitrogen and oxygen atoms in total. The normalized spacial score (nSPS) is 17.6. The molecule has 18 heavy (non-hydrogen) atoms. The highest BCUT2D eigenvalue weighted by atomic mass is 16.5. The predicted octanol–water partition coefficient (Wildman–Crippen LogP) is 1.71. The van der Waals surface area contributed by atoms with Crippen LogP contribution in [0.5, 0.6) is 5.75 Å². The van der Waals surface area contributed by atoms with Crippen LogP contribution in [0.25, 0.3) is 11.0 Å². The van der Waals surface area contributed by atoms with Gasteiger partial charge in [-0.2, -0.15) is 0 Å². The molecule has 1 aromatic heterocycles. The summed E-state index contributed by atoms with van der Waals surface area (Å²) in [5.74, 6) is 1.41. The minimum atomic E-state index is 0.135. The highest BCUT2D eigenvalue weighted by Gasteiger charge is 2.22. The number of benzene rings is 1. The van der Waals surface area contributed by atoms with E-state index < -0.39 is 0 Å². The average Bonchev–Trinajstić information content (AvgIpc) is 2.81. The number of aromatic nitrogens is 2. The number of anilines is 1. The van der Waals surface area contributed by atoms with Crippen molar-refractivity contribution in [3.8, 4) is 5.75 Å². The average molecular weight is 249 g/mol. The highest BCUT2D eigenvalue weighted by molar-refractivity contribution is 5.83. The summed E-state index contributed by atoms with van der Waals surface area (Å²) in [5, 5.41) is 9.16. The summed E-state index contributed by atoms with van der Waals surface area (Å²) in [5.41, 5.74) is 8.44. The summed E-state index contributed by atoms with van der Waals surface area (Å²) < 4.78 is 5.59. The van der Waals surface area contributed by atoms with Gasteiger partial charge in [0.1, 0.15) is 5.75 Å². The standard InChI is InChI=1S/C11H13N3O2.C2H6/c12-11-13-8-1-2-9-7(10(8)14-11)3-6(4-15)5-16-9;1-2/h1-2,6,15H,3-5H2,(H3,12,13,14);1-2H3. The lowest BCUT2D eigenvalue weighted by molar-refractivity contribution is 0.147. The molecule has 3 rings (SSSR count). The number of fused-ring (bicyclic) bond motifs is 3. The van der Waals surface area contributed by atoms with Gasteiger partial charge in [0.2, 0.25) is 0 Å². The van der Waals surface area contributed by atoms with Crippen molar-refractivity contribution in [1.29, 1.82) is 0 Å². The van der Waals surface area contributed by atoms with Gasteiger partial charge in [-0.25, -0.2) is 4.98 Å². The van der Waals surface area contributed by atoms with Crippen molar-refractivity contribution in [1.82, 2.24) is 9.97 Å². The summed E-state index contributed by atoms with van der Waals surface area (Å²) in [6.07, 6.45) is 0.785. The lowest BCUT2D eigenvalue weighted by atomic mass is 9.96. The van der Waals surface area contributed by atoms with E-state index in [0.717, 1.165) is 28.8 Å². The Hall–Kier alpha value is -1.75. The van der Waals surface area contributed by atoms with Gasteiger partial charge in [0.05, 0.1) is 17.6 Å². The SMILES string of the molecule is CC.Nc1nc2c3c(ccc2[nH]1)OCC(CO)C3. The third kappa shape index (κ3) is 2.13. The number of nitrogens with zero attached hydrogens (tertiary/aromatic N) is 1. The Morgan fingerprint density at radius 3 is 3.00 bits per heavy atom. The summed E-state index contributed by atoms with van der Waals surface area (Å²) in [4.78, 5) is 7.25. The van der Waals surface area contributed by atoms with Crippen molar-refractivity contribution in [3.05, 3.63) is 17.7 Å². The van der Waals surface area contributed by atoms with Crippen molar-refractivity contribution in [2.45, 2.75) is 20.3 Å². The molecule has 0 aliphatic carbocycles. The number of aliphatic hydroxyl groups excluding tert-OH is 1. The third-order valence-corrected chi connectivity index (χ3v) is 2.96. The Labute approximate surface area is 106 Å². The van der Waals surface area contributed by atoms with E-state index in [1.807, 2.05) is 26.0 Å². The van der Waals surface area contributed by atoms with Crippen LogP contribution in [0.2, 0.25) is 0 Å². The molecule has 0 radical (unpaired) electrons. The van der Waals surface area contributed by atoms with Crippen LogP contribution in [-0.4, -0.2) is 28.3 Å². The molecule has 5 heteroatoms. The topological polar surface area (TPSA) is 84.2 Å². The first-order valence-corrected chi connectivity index (χ1v) is 6.28. The molecule has 98 valence electrons. The molecule has 0 saturated heterocycles.